The van der Waals surface area contributed by atoms with Crippen LogP contribution in [0.2, 0.25) is 0 Å². The fraction of sp³-hybridized carbons (Fsp3) is 0.455. The lowest BCUT2D eigenvalue weighted by Crippen LogP contribution is -2.46. The molecule has 1 saturated carbocycles. The molecule has 1 aliphatic carbocycles. The molecule has 0 amide bonds. The Bertz CT molecular complexity index is 332. The first-order valence-corrected chi connectivity index (χ1v) is 4.68. The van der Waals surface area contributed by atoms with Crippen LogP contribution in [-0.2, 0) is 5.41 Å². The Morgan fingerprint density at radius 1 is 1.36 bits per heavy atom. The summed E-state index contributed by atoms with van der Waals surface area (Å²) in [5.41, 5.74) is -0.235. The van der Waals surface area contributed by atoms with Crippen molar-refractivity contribution in [1.29, 1.82) is 0 Å². The SMILES string of the molecule is OCC1(c2ccccc2F)CC(F)C1. The number of halogens is 2. The van der Waals surface area contributed by atoms with Crippen molar-refractivity contribution in [3.05, 3.63) is 35.6 Å². The van der Waals surface area contributed by atoms with Crippen LogP contribution in [0, 0.1) is 5.82 Å². The normalized spacial score (nSPS) is 31.2. The molecule has 0 radical (unpaired) electrons. The van der Waals surface area contributed by atoms with Gasteiger partial charge in [0.05, 0.1) is 6.61 Å². The molecule has 1 N–H and O–H groups in total. The predicted molar refractivity (Wildman–Crippen MR) is 49.3 cm³/mol. The summed E-state index contributed by atoms with van der Waals surface area (Å²) in [4.78, 5) is 0. The molecule has 0 spiro atoms. The first-order chi connectivity index (χ1) is 6.68. The number of hydrogen-bond acceptors (Lipinski definition) is 1. The summed E-state index contributed by atoms with van der Waals surface area (Å²) in [6.45, 7) is -0.186. The van der Waals surface area contributed by atoms with Gasteiger partial charge < -0.3 is 5.11 Å². The van der Waals surface area contributed by atoms with Crippen LogP contribution in [0.25, 0.3) is 0 Å². The summed E-state index contributed by atoms with van der Waals surface area (Å²) < 4.78 is 26.2. The van der Waals surface area contributed by atoms with E-state index in [4.69, 9.17) is 0 Å². The van der Waals surface area contributed by atoms with E-state index in [0.29, 0.717) is 5.56 Å². The van der Waals surface area contributed by atoms with Gasteiger partial charge in [0.2, 0.25) is 0 Å². The first-order valence-electron chi connectivity index (χ1n) is 4.68. The van der Waals surface area contributed by atoms with Gasteiger partial charge in [0.25, 0.3) is 0 Å². The number of aliphatic hydroxyl groups excluding tert-OH is 1. The molecule has 1 aromatic carbocycles. The van der Waals surface area contributed by atoms with Crippen LogP contribution in [0.3, 0.4) is 0 Å². The lowest BCUT2D eigenvalue weighted by atomic mass is 9.64. The molecule has 0 heterocycles. The Labute approximate surface area is 81.4 Å². The second kappa shape index (κ2) is 3.31. The Balaban J connectivity index is 2.34. The zero-order valence-corrected chi connectivity index (χ0v) is 7.71. The van der Waals surface area contributed by atoms with Gasteiger partial charge >= 0.3 is 0 Å². The molecule has 1 fully saturated rings. The average Bonchev–Trinajstić information content (AvgIpc) is 2.14. The van der Waals surface area contributed by atoms with Gasteiger partial charge in [-0.3, -0.25) is 0 Å². The van der Waals surface area contributed by atoms with E-state index < -0.39 is 11.6 Å². The van der Waals surface area contributed by atoms with E-state index >= 15 is 0 Å². The van der Waals surface area contributed by atoms with E-state index in [1.165, 1.54) is 6.07 Å². The highest BCUT2D eigenvalue weighted by Gasteiger charge is 2.46. The van der Waals surface area contributed by atoms with E-state index in [1.807, 2.05) is 0 Å². The van der Waals surface area contributed by atoms with Crippen molar-refractivity contribution < 1.29 is 13.9 Å². The Kier molecular flexibility index (Phi) is 2.27. The molecule has 1 aliphatic rings. The van der Waals surface area contributed by atoms with Crippen LogP contribution in [0.1, 0.15) is 18.4 Å². The summed E-state index contributed by atoms with van der Waals surface area (Å²) >= 11 is 0. The van der Waals surface area contributed by atoms with Crippen LogP contribution in [0.15, 0.2) is 24.3 Å². The van der Waals surface area contributed by atoms with Crippen molar-refractivity contribution in [3.63, 3.8) is 0 Å². The maximum atomic E-state index is 13.4. The molecular formula is C11H12F2O. The standard InChI is InChI=1S/C11H12F2O/c12-8-5-11(6-8,7-14)9-3-1-2-4-10(9)13/h1-4,8,14H,5-7H2. The van der Waals surface area contributed by atoms with Crippen molar-refractivity contribution in [2.75, 3.05) is 6.61 Å². The third-order valence-electron chi connectivity index (χ3n) is 2.97. The van der Waals surface area contributed by atoms with Crippen LogP contribution >= 0.6 is 0 Å². The van der Waals surface area contributed by atoms with Gasteiger partial charge in [0.15, 0.2) is 0 Å². The van der Waals surface area contributed by atoms with E-state index in [0.717, 1.165) is 0 Å². The molecule has 1 nitrogen and oxygen atoms in total. The predicted octanol–water partition coefficient (Wildman–Crippen LogP) is 2.19. The van der Waals surface area contributed by atoms with Gasteiger partial charge in [-0.25, -0.2) is 8.78 Å². The van der Waals surface area contributed by atoms with E-state index in [1.54, 1.807) is 18.2 Å². The molecule has 3 heteroatoms. The van der Waals surface area contributed by atoms with E-state index in [-0.39, 0.29) is 25.3 Å². The second-order valence-corrected chi connectivity index (χ2v) is 3.92. The van der Waals surface area contributed by atoms with Gasteiger partial charge in [-0.2, -0.15) is 0 Å². The van der Waals surface area contributed by atoms with Crippen molar-refractivity contribution in [2.45, 2.75) is 24.4 Å². The number of hydrogen-bond donors (Lipinski definition) is 1. The van der Waals surface area contributed by atoms with Crippen molar-refractivity contribution in [2.24, 2.45) is 0 Å². The summed E-state index contributed by atoms with van der Waals surface area (Å²) in [5.74, 6) is -0.353. The third-order valence-corrected chi connectivity index (χ3v) is 2.97. The highest BCUT2D eigenvalue weighted by Crippen LogP contribution is 2.45. The fourth-order valence-electron chi connectivity index (χ4n) is 2.11. The minimum atomic E-state index is -0.901. The minimum Gasteiger partial charge on any atom is -0.395 e. The molecule has 0 unspecified atom stereocenters. The number of rotatable bonds is 2. The van der Waals surface area contributed by atoms with Gasteiger partial charge in [-0.1, -0.05) is 18.2 Å². The van der Waals surface area contributed by atoms with Crippen molar-refractivity contribution in [1.82, 2.24) is 0 Å². The molecular weight excluding hydrogens is 186 g/mol. The van der Waals surface area contributed by atoms with Gasteiger partial charge in [0, 0.05) is 5.41 Å². The summed E-state index contributed by atoms with van der Waals surface area (Å²) in [7, 11) is 0. The molecule has 0 atom stereocenters. The summed E-state index contributed by atoms with van der Waals surface area (Å²) in [6, 6.07) is 6.27. The van der Waals surface area contributed by atoms with Crippen LogP contribution in [-0.4, -0.2) is 17.9 Å². The second-order valence-electron chi connectivity index (χ2n) is 3.92. The van der Waals surface area contributed by atoms with E-state index in [2.05, 4.69) is 0 Å². The average molecular weight is 198 g/mol. The van der Waals surface area contributed by atoms with Crippen LogP contribution in [0.4, 0.5) is 8.78 Å². The Morgan fingerprint density at radius 3 is 2.50 bits per heavy atom. The van der Waals surface area contributed by atoms with Crippen molar-refractivity contribution >= 4 is 0 Å². The highest BCUT2D eigenvalue weighted by molar-refractivity contribution is 5.30. The minimum absolute atomic E-state index is 0.186. The number of aliphatic hydroxyl groups is 1. The van der Waals surface area contributed by atoms with Gasteiger partial charge in [-0.05, 0) is 24.5 Å². The first kappa shape index (κ1) is 9.59. The Morgan fingerprint density at radius 2 is 2.00 bits per heavy atom. The lowest BCUT2D eigenvalue weighted by Gasteiger charge is -2.43. The maximum Gasteiger partial charge on any atom is 0.127 e. The zero-order valence-electron chi connectivity index (χ0n) is 7.71. The van der Waals surface area contributed by atoms with Crippen LogP contribution < -0.4 is 0 Å². The summed E-state index contributed by atoms with van der Waals surface area (Å²) in [6.07, 6.45) is -0.448. The van der Waals surface area contributed by atoms with Crippen molar-refractivity contribution in [3.8, 4) is 0 Å². The third kappa shape index (κ3) is 1.32. The van der Waals surface area contributed by atoms with Gasteiger partial charge in [0.1, 0.15) is 12.0 Å². The molecule has 0 saturated heterocycles. The molecule has 0 aromatic heterocycles. The number of alkyl halides is 1. The zero-order chi connectivity index (χ0) is 10.2. The van der Waals surface area contributed by atoms with Gasteiger partial charge in [-0.15, -0.1) is 0 Å². The smallest absolute Gasteiger partial charge is 0.127 e. The molecule has 2 rings (SSSR count). The highest BCUT2D eigenvalue weighted by atomic mass is 19.1. The molecule has 1 aromatic rings. The van der Waals surface area contributed by atoms with Crippen LogP contribution in [0.5, 0.6) is 0 Å². The fourth-order valence-corrected chi connectivity index (χ4v) is 2.11. The lowest BCUT2D eigenvalue weighted by molar-refractivity contribution is 0.0386. The largest absolute Gasteiger partial charge is 0.395 e. The topological polar surface area (TPSA) is 20.2 Å². The quantitative estimate of drug-likeness (QED) is 0.772. The molecule has 0 bridgehead atoms. The molecule has 76 valence electrons. The molecule has 0 aliphatic heterocycles. The Hall–Kier alpha value is -0.960. The maximum absolute atomic E-state index is 13.4. The molecule has 14 heavy (non-hydrogen) atoms. The summed E-state index contributed by atoms with van der Waals surface area (Å²) in [5, 5.41) is 9.20. The monoisotopic (exact) mass is 198 g/mol. The number of benzene rings is 1. The van der Waals surface area contributed by atoms with E-state index in [9.17, 15) is 13.9 Å².